The van der Waals surface area contributed by atoms with Crippen molar-refractivity contribution in [2.75, 3.05) is 6.61 Å². The summed E-state index contributed by atoms with van der Waals surface area (Å²) in [7, 11) is 0. The molecule has 5 heteroatoms. The number of ether oxygens (including phenoxy) is 1. The molecule has 0 spiro atoms. The Labute approximate surface area is 82.5 Å². The van der Waals surface area contributed by atoms with Crippen LogP contribution in [0.5, 0.6) is 0 Å². The molecule has 0 aromatic carbocycles. The normalized spacial score (nSPS) is 14.8. The number of aliphatic hydroxyl groups is 2. The summed E-state index contributed by atoms with van der Waals surface area (Å²) in [5.74, 6) is -0.905. The van der Waals surface area contributed by atoms with Gasteiger partial charge in [0.25, 0.3) is 0 Å². The van der Waals surface area contributed by atoms with Crippen molar-refractivity contribution in [1.82, 2.24) is 0 Å². The quantitative estimate of drug-likeness (QED) is 0.510. The van der Waals surface area contributed by atoms with Crippen molar-refractivity contribution in [3.63, 3.8) is 0 Å². The second-order valence-electron chi connectivity index (χ2n) is 2.75. The van der Waals surface area contributed by atoms with Crippen LogP contribution >= 0.6 is 12.2 Å². The van der Waals surface area contributed by atoms with Gasteiger partial charge in [-0.3, -0.25) is 0 Å². The maximum Gasteiger partial charge on any atom is 0.343 e. The van der Waals surface area contributed by atoms with E-state index in [4.69, 9.17) is 22.4 Å². The van der Waals surface area contributed by atoms with Crippen LogP contribution in [0.3, 0.4) is 0 Å². The van der Waals surface area contributed by atoms with E-state index in [1.54, 1.807) is 0 Å². The van der Waals surface area contributed by atoms with Crippen LogP contribution in [0.15, 0.2) is 0 Å². The molecule has 0 fully saturated rings. The molecule has 0 saturated carbocycles. The molecule has 0 aromatic heterocycles. The summed E-state index contributed by atoms with van der Waals surface area (Å²) in [6.07, 6.45) is -0.733. The van der Waals surface area contributed by atoms with Crippen LogP contribution in [0, 0.1) is 5.92 Å². The summed E-state index contributed by atoms with van der Waals surface area (Å²) >= 11 is 4.78. The highest BCUT2D eigenvalue weighted by atomic mass is 32.1. The Hall–Kier alpha value is -0.520. The molecule has 0 rings (SSSR count). The Kier molecular flexibility index (Phi) is 5.77. The molecule has 4 nitrogen and oxygen atoms in total. The highest BCUT2D eigenvalue weighted by Gasteiger charge is 2.19. The molecule has 0 heterocycles. The Morgan fingerprint density at radius 1 is 1.62 bits per heavy atom. The molecule has 0 aliphatic rings. The van der Waals surface area contributed by atoms with Crippen LogP contribution in [-0.2, 0) is 9.53 Å². The third-order valence-corrected chi connectivity index (χ3v) is 2.15. The number of rotatable bonds is 4. The molecule has 0 aromatic rings. The van der Waals surface area contributed by atoms with Crippen molar-refractivity contribution < 1.29 is 19.7 Å². The van der Waals surface area contributed by atoms with Crippen molar-refractivity contribution in [3.05, 3.63) is 0 Å². The molecule has 0 saturated heterocycles. The zero-order valence-electron chi connectivity index (χ0n) is 7.69. The summed E-state index contributed by atoms with van der Waals surface area (Å²) < 4.78 is 4.64. The van der Waals surface area contributed by atoms with Gasteiger partial charge < -0.3 is 14.9 Å². The molecule has 2 atom stereocenters. The zero-order valence-corrected chi connectivity index (χ0v) is 8.50. The average molecular weight is 206 g/mol. The predicted molar refractivity (Wildman–Crippen MR) is 51.2 cm³/mol. The maximum atomic E-state index is 10.9. The number of esters is 1. The van der Waals surface area contributed by atoms with Crippen molar-refractivity contribution in [2.24, 2.45) is 5.92 Å². The second-order valence-corrected chi connectivity index (χ2v) is 3.15. The van der Waals surface area contributed by atoms with Gasteiger partial charge in [0.2, 0.25) is 0 Å². The van der Waals surface area contributed by atoms with Crippen molar-refractivity contribution in [3.8, 4) is 0 Å². The highest BCUT2D eigenvalue weighted by Crippen LogP contribution is 2.06. The van der Waals surface area contributed by atoms with Crippen LogP contribution in [0.1, 0.15) is 20.3 Å². The largest absolute Gasteiger partial charge is 0.417 e. The molecule has 0 bridgehead atoms. The molecule has 0 radical (unpaired) electrons. The minimum atomic E-state index is -1.50. The number of carbonyl (C=O) groups is 1. The van der Waals surface area contributed by atoms with Crippen LogP contribution in [-0.4, -0.2) is 33.9 Å². The minimum absolute atomic E-state index is 0.00940. The summed E-state index contributed by atoms with van der Waals surface area (Å²) in [4.78, 5) is 10.9. The van der Waals surface area contributed by atoms with Crippen LogP contribution in [0.4, 0.5) is 0 Å². The zero-order chi connectivity index (χ0) is 10.4. The lowest BCUT2D eigenvalue weighted by Crippen LogP contribution is -2.29. The van der Waals surface area contributed by atoms with Gasteiger partial charge in [-0.25, -0.2) is 4.79 Å². The third-order valence-electron chi connectivity index (χ3n) is 1.66. The van der Waals surface area contributed by atoms with E-state index in [1.807, 2.05) is 13.8 Å². The highest BCUT2D eigenvalue weighted by molar-refractivity contribution is 7.80. The fourth-order valence-corrected chi connectivity index (χ4v) is 0.758. The van der Waals surface area contributed by atoms with Gasteiger partial charge in [0.15, 0.2) is 11.2 Å². The summed E-state index contributed by atoms with van der Waals surface area (Å²) in [5.41, 5.74) is 0. The Morgan fingerprint density at radius 2 is 2.15 bits per heavy atom. The lowest BCUT2D eigenvalue weighted by atomic mass is 10.1. The first kappa shape index (κ1) is 12.5. The fraction of sp³-hybridized carbons (Fsp3) is 0.750. The van der Waals surface area contributed by atoms with E-state index in [2.05, 4.69) is 4.74 Å². The molecule has 13 heavy (non-hydrogen) atoms. The number of hydrogen-bond acceptors (Lipinski definition) is 5. The van der Waals surface area contributed by atoms with E-state index in [1.165, 1.54) is 0 Å². The summed E-state index contributed by atoms with van der Waals surface area (Å²) in [6, 6.07) is 0. The Balaban J connectivity index is 3.99. The predicted octanol–water partition coefficient (Wildman–Crippen LogP) is 0.256. The number of thiocarbonyl (C=S) groups is 1. The van der Waals surface area contributed by atoms with E-state index < -0.39 is 18.7 Å². The lowest BCUT2D eigenvalue weighted by molar-refractivity contribution is -0.147. The fourth-order valence-electron chi connectivity index (χ4n) is 0.509. The van der Waals surface area contributed by atoms with Gasteiger partial charge in [0.1, 0.15) is 0 Å². The van der Waals surface area contributed by atoms with Gasteiger partial charge in [0, 0.05) is 5.92 Å². The molecular formula is C8H14O4S. The van der Waals surface area contributed by atoms with E-state index >= 15 is 0 Å². The van der Waals surface area contributed by atoms with Gasteiger partial charge >= 0.3 is 5.97 Å². The van der Waals surface area contributed by atoms with Crippen LogP contribution < -0.4 is 0 Å². The summed E-state index contributed by atoms with van der Waals surface area (Å²) in [6.45, 7) is 3.08. The van der Waals surface area contributed by atoms with Crippen LogP contribution in [0.2, 0.25) is 0 Å². The molecule has 2 N–H and O–H groups in total. The van der Waals surface area contributed by atoms with E-state index in [0.29, 0.717) is 0 Å². The van der Waals surface area contributed by atoms with Gasteiger partial charge in [-0.2, -0.15) is 0 Å². The summed E-state index contributed by atoms with van der Waals surface area (Å²) in [5, 5.41) is 17.4. The first-order valence-electron chi connectivity index (χ1n) is 4.07. The SMILES string of the molecule is CCC(C)C(=S)OC(=O)C(O)CO. The van der Waals surface area contributed by atoms with Gasteiger partial charge in [-0.05, 0) is 18.6 Å². The van der Waals surface area contributed by atoms with Crippen molar-refractivity contribution in [2.45, 2.75) is 26.4 Å². The van der Waals surface area contributed by atoms with E-state index in [9.17, 15) is 4.79 Å². The van der Waals surface area contributed by atoms with Crippen molar-refractivity contribution >= 4 is 23.2 Å². The number of aliphatic hydroxyl groups excluding tert-OH is 2. The minimum Gasteiger partial charge on any atom is -0.417 e. The molecule has 0 amide bonds. The standard InChI is InChI=1S/C8H14O4S/c1-3-5(2)8(13)12-7(11)6(10)4-9/h5-6,9-10H,3-4H2,1-2H3. The molecule has 76 valence electrons. The average Bonchev–Trinajstić information content (AvgIpc) is 2.14. The molecule has 2 unspecified atom stereocenters. The first-order valence-corrected chi connectivity index (χ1v) is 4.48. The van der Waals surface area contributed by atoms with Crippen molar-refractivity contribution in [1.29, 1.82) is 0 Å². The second kappa shape index (κ2) is 6.01. The topological polar surface area (TPSA) is 66.8 Å². The molecule has 0 aliphatic carbocycles. The van der Waals surface area contributed by atoms with Gasteiger partial charge in [-0.15, -0.1) is 0 Å². The smallest absolute Gasteiger partial charge is 0.343 e. The van der Waals surface area contributed by atoms with E-state index in [0.717, 1.165) is 6.42 Å². The Bertz CT molecular complexity index is 173. The Morgan fingerprint density at radius 3 is 2.54 bits per heavy atom. The number of carbonyl (C=O) groups excluding carboxylic acids is 1. The first-order chi connectivity index (χ1) is 6.02. The van der Waals surface area contributed by atoms with E-state index in [-0.39, 0.29) is 11.0 Å². The van der Waals surface area contributed by atoms with Gasteiger partial charge in [-0.1, -0.05) is 13.8 Å². The third kappa shape index (κ3) is 4.31. The monoisotopic (exact) mass is 206 g/mol. The van der Waals surface area contributed by atoms with Gasteiger partial charge in [0.05, 0.1) is 6.61 Å². The molecular weight excluding hydrogens is 192 g/mol. The lowest BCUT2D eigenvalue weighted by Gasteiger charge is -2.12. The van der Waals surface area contributed by atoms with Crippen LogP contribution in [0.25, 0.3) is 0 Å². The molecule has 0 aliphatic heterocycles. The number of hydrogen-bond donors (Lipinski definition) is 2. The maximum absolute atomic E-state index is 10.9.